The third kappa shape index (κ3) is 10.4. The Bertz CT molecular complexity index is 2790. The highest BCUT2D eigenvalue weighted by Crippen LogP contribution is 2.36. The van der Waals surface area contributed by atoms with Crippen LogP contribution >= 0.6 is 11.6 Å². The average Bonchev–Trinajstić information content (AvgIpc) is 3.69. The Kier molecular flexibility index (Phi) is 15.4. The highest BCUT2D eigenvalue weighted by molar-refractivity contribution is 6.58. The van der Waals surface area contributed by atoms with Crippen LogP contribution in [0.1, 0.15) is 71.5 Å². The van der Waals surface area contributed by atoms with Crippen LogP contribution in [0.4, 0.5) is 11.6 Å². The second kappa shape index (κ2) is 21.1. The SMILES string of the molecule is C.C.Cc1nnc2n1-c1ccc(-c3ccc(N)nc3)c(Cc3ccccc3)c1COC2.Cc1nnc2n1-c1ccc(Cl)c(Cc3ccccc3)c1COC2.Nc1ccc(B(O)O)cn1. The molecule has 0 saturated carbocycles. The Hall–Kier alpha value is -6.75. The van der Waals surface area contributed by atoms with Gasteiger partial charge in [0.1, 0.15) is 36.5 Å². The van der Waals surface area contributed by atoms with Crippen LogP contribution in [0, 0.1) is 13.8 Å². The first-order valence-corrected chi connectivity index (χ1v) is 20.3. The van der Waals surface area contributed by atoms with Crippen molar-refractivity contribution in [2.75, 3.05) is 11.5 Å². The van der Waals surface area contributed by atoms with Crippen molar-refractivity contribution >= 4 is 35.8 Å². The second-order valence-corrected chi connectivity index (χ2v) is 15.2. The van der Waals surface area contributed by atoms with Crippen molar-refractivity contribution in [2.24, 2.45) is 0 Å². The zero-order valence-electron chi connectivity index (χ0n) is 34.2. The molecule has 0 aliphatic carbocycles. The number of hydrogen-bond acceptors (Lipinski definition) is 12. The maximum absolute atomic E-state index is 8.59. The Morgan fingerprint density at radius 3 is 1.59 bits per heavy atom. The van der Waals surface area contributed by atoms with Crippen LogP contribution in [0.5, 0.6) is 0 Å². The van der Waals surface area contributed by atoms with Gasteiger partial charge in [-0.1, -0.05) is 99.3 Å². The fourth-order valence-corrected chi connectivity index (χ4v) is 7.83. The monoisotopic (exact) mass is 878 g/mol. The van der Waals surface area contributed by atoms with Gasteiger partial charge >= 0.3 is 7.12 Å². The molecule has 0 radical (unpaired) electrons. The molecule has 8 aromatic rings. The molecule has 0 saturated heterocycles. The van der Waals surface area contributed by atoms with E-state index >= 15 is 0 Å². The summed E-state index contributed by atoms with van der Waals surface area (Å²) in [7, 11) is -1.46. The predicted octanol–water partition coefficient (Wildman–Crippen LogP) is 7.31. The number of fused-ring (bicyclic) bond motifs is 6. The standard InChI is InChI=1S/C23H21N5O.C18H16ClN3O.C5H7BN2O2.2CH4/c1-15-26-27-23-14-29-13-20-19(11-16-5-3-2-4-6-16)18(8-9-21(20)28(15)23)17-7-10-22(24)25-12-17;1-12-20-21-18-11-23-10-15-14(9-13-5-3-2-4-6-13)16(19)7-8-17(15)22(12)18;7-5-2-1-4(3-8-5)6(9)10;;/h2-10,12H,11,13-14H2,1H3,(H2,24,25);2-8H,9-11H2,1H3;1-3,9-10H,(H2,7,8);2*1H4. The molecule has 0 fully saturated rings. The topological polar surface area (TPSA) is 198 Å². The summed E-state index contributed by atoms with van der Waals surface area (Å²) in [4.78, 5) is 7.96. The average molecular weight is 879 g/mol. The van der Waals surface area contributed by atoms with Gasteiger partial charge in [-0.15, -0.1) is 20.4 Å². The van der Waals surface area contributed by atoms with Gasteiger partial charge in [-0.25, -0.2) is 9.97 Å². The Balaban J connectivity index is 0.000000174. The molecule has 0 bridgehead atoms. The first kappa shape index (κ1) is 46.8. The first-order valence-electron chi connectivity index (χ1n) is 19.9. The van der Waals surface area contributed by atoms with E-state index in [9.17, 15) is 0 Å². The minimum Gasteiger partial charge on any atom is -0.423 e. The predicted molar refractivity (Wildman–Crippen MR) is 252 cm³/mol. The molecule has 0 unspecified atom stereocenters. The molecule has 2 aliphatic rings. The van der Waals surface area contributed by atoms with E-state index in [4.69, 9.17) is 42.6 Å². The molecule has 6 N–H and O–H groups in total. The molecule has 328 valence electrons. The highest BCUT2D eigenvalue weighted by atomic mass is 35.5. The smallest absolute Gasteiger partial charge is 0.423 e. The van der Waals surface area contributed by atoms with E-state index in [-0.39, 0.29) is 14.9 Å². The number of aromatic nitrogens is 8. The highest BCUT2D eigenvalue weighted by Gasteiger charge is 2.24. The fourth-order valence-electron chi connectivity index (χ4n) is 7.59. The Labute approximate surface area is 378 Å². The zero-order valence-corrected chi connectivity index (χ0v) is 34.9. The molecule has 2 aliphatic heterocycles. The maximum Gasteiger partial charge on any atom is 0.490 e. The van der Waals surface area contributed by atoms with Gasteiger partial charge in [0.05, 0.1) is 24.6 Å². The van der Waals surface area contributed by atoms with Gasteiger partial charge in [-0.05, 0) is 90.9 Å². The van der Waals surface area contributed by atoms with E-state index in [1.807, 2.05) is 68.6 Å². The van der Waals surface area contributed by atoms with E-state index in [1.165, 1.54) is 35.0 Å². The van der Waals surface area contributed by atoms with E-state index < -0.39 is 7.12 Å². The summed E-state index contributed by atoms with van der Waals surface area (Å²) < 4.78 is 16.0. The van der Waals surface area contributed by atoms with Crippen molar-refractivity contribution in [1.82, 2.24) is 39.5 Å². The third-order valence-corrected chi connectivity index (χ3v) is 11.0. The molecule has 10 rings (SSSR count). The lowest BCUT2D eigenvalue weighted by molar-refractivity contribution is 0.104. The number of anilines is 2. The van der Waals surface area contributed by atoms with Crippen LogP contribution in [0.3, 0.4) is 0 Å². The van der Waals surface area contributed by atoms with E-state index in [1.54, 1.807) is 0 Å². The molecule has 0 amide bonds. The number of benzene rings is 4. The summed E-state index contributed by atoms with van der Waals surface area (Å²) in [5.74, 6) is 4.26. The molecular formula is C48H52BClN10O4. The number of hydrogen-bond donors (Lipinski definition) is 4. The van der Waals surface area contributed by atoms with E-state index in [0.717, 1.165) is 80.4 Å². The molecule has 16 heteroatoms. The number of aryl methyl sites for hydroxylation is 2. The summed E-state index contributed by atoms with van der Waals surface area (Å²) in [6, 6.07) is 35.9. The van der Waals surface area contributed by atoms with Crippen LogP contribution in [0.15, 0.2) is 122 Å². The fraction of sp³-hybridized carbons (Fsp3) is 0.208. The minimum absolute atomic E-state index is 0. The van der Waals surface area contributed by atoms with Crippen molar-refractivity contribution in [3.8, 4) is 22.5 Å². The van der Waals surface area contributed by atoms with Crippen molar-refractivity contribution in [3.63, 3.8) is 0 Å². The second-order valence-electron chi connectivity index (χ2n) is 14.8. The number of pyridine rings is 2. The summed E-state index contributed by atoms with van der Waals surface area (Å²) in [6.45, 7) is 5.88. The van der Waals surface area contributed by atoms with Gasteiger partial charge in [0.15, 0.2) is 11.6 Å². The molecular weight excluding hydrogens is 827 g/mol. The van der Waals surface area contributed by atoms with Gasteiger partial charge in [0.25, 0.3) is 0 Å². The quantitative estimate of drug-likeness (QED) is 0.122. The summed E-state index contributed by atoms with van der Waals surface area (Å²) in [5, 5.41) is 34.9. The van der Waals surface area contributed by atoms with Crippen LogP contribution in [-0.2, 0) is 48.7 Å². The molecule has 0 atom stereocenters. The number of nitrogens with zero attached hydrogens (tertiary/aromatic N) is 8. The largest absolute Gasteiger partial charge is 0.490 e. The lowest BCUT2D eigenvalue weighted by Crippen LogP contribution is -2.29. The summed E-state index contributed by atoms with van der Waals surface area (Å²) >= 11 is 6.51. The van der Waals surface area contributed by atoms with E-state index in [0.29, 0.717) is 43.5 Å². The summed E-state index contributed by atoms with van der Waals surface area (Å²) in [5.41, 5.74) is 22.8. The van der Waals surface area contributed by atoms with Crippen molar-refractivity contribution in [2.45, 2.75) is 68.0 Å². The Morgan fingerprint density at radius 2 is 1.09 bits per heavy atom. The number of nitrogen functional groups attached to an aromatic ring is 2. The van der Waals surface area contributed by atoms with Gasteiger partial charge in [-0.2, -0.15) is 0 Å². The van der Waals surface area contributed by atoms with Crippen LogP contribution in [0.25, 0.3) is 22.5 Å². The lowest BCUT2D eigenvalue weighted by Gasteiger charge is -2.19. The third-order valence-electron chi connectivity index (χ3n) is 10.6. The van der Waals surface area contributed by atoms with Gasteiger partial charge in [0.2, 0.25) is 0 Å². The zero-order chi connectivity index (χ0) is 43.2. The molecule has 64 heavy (non-hydrogen) atoms. The summed E-state index contributed by atoms with van der Waals surface area (Å²) in [6.07, 6.45) is 4.73. The molecule has 4 aromatic carbocycles. The van der Waals surface area contributed by atoms with Gasteiger partial charge in [0, 0.05) is 39.6 Å². The normalized spacial score (nSPS) is 12.1. The molecule has 14 nitrogen and oxygen atoms in total. The van der Waals surface area contributed by atoms with Gasteiger partial charge in [-0.3, -0.25) is 9.13 Å². The van der Waals surface area contributed by atoms with Crippen molar-refractivity contribution < 1.29 is 19.5 Å². The van der Waals surface area contributed by atoms with Crippen LogP contribution in [0.2, 0.25) is 5.02 Å². The molecule has 0 spiro atoms. The number of ether oxygens (including phenoxy) is 2. The number of nitrogens with two attached hydrogens (primary N) is 2. The molecule has 4 aromatic heterocycles. The minimum atomic E-state index is -1.46. The number of rotatable bonds is 6. The number of halogens is 1. The Morgan fingerprint density at radius 1 is 0.594 bits per heavy atom. The lowest BCUT2D eigenvalue weighted by atomic mass is 9.82. The molecule has 6 heterocycles. The van der Waals surface area contributed by atoms with Crippen molar-refractivity contribution in [1.29, 1.82) is 0 Å². The van der Waals surface area contributed by atoms with Gasteiger partial charge < -0.3 is 31.0 Å². The van der Waals surface area contributed by atoms with Crippen LogP contribution < -0.4 is 16.9 Å². The first-order chi connectivity index (χ1) is 30.1. The van der Waals surface area contributed by atoms with Crippen LogP contribution in [-0.4, -0.2) is 56.7 Å². The van der Waals surface area contributed by atoms with E-state index in [2.05, 4.69) is 88.0 Å². The van der Waals surface area contributed by atoms with Crippen molar-refractivity contribution in [3.05, 3.63) is 183 Å². The maximum atomic E-state index is 8.59.